The van der Waals surface area contributed by atoms with E-state index in [1.54, 1.807) is 0 Å². The van der Waals surface area contributed by atoms with Crippen LogP contribution in [-0.4, -0.2) is 74.9 Å². The lowest BCUT2D eigenvalue weighted by Crippen LogP contribution is -2.37. The molecule has 0 saturated heterocycles. The van der Waals surface area contributed by atoms with E-state index in [4.69, 9.17) is 18.5 Å². The van der Waals surface area contributed by atoms with Gasteiger partial charge in [0, 0.05) is 12.8 Å². The van der Waals surface area contributed by atoms with Crippen molar-refractivity contribution in [3.05, 3.63) is 12.2 Å². The molecule has 0 spiro atoms. The first-order chi connectivity index (χ1) is 35.0. The van der Waals surface area contributed by atoms with Crippen LogP contribution in [0.25, 0.3) is 0 Å². The lowest BCUT2D eigenvalue weighted by molar-refractivity contribution is -0.870. The van der Waals surface area contributed by atoms with E-state index in [1.165, 1.54) is 238 Å². The van der Waals surface area contributed by atoms with Crippen LogP contribution in [-0.2, 0) is 32.7 Å². The van der Waals surface area contributed by atoms with Crippen LogP contribution >= 0.6 is 7.82 Å². The van der Waals surface area contributed by atoms with Gasteiger partial charge < -0.3 is 18.9 Å². The number of carbonyl (C=O) groups excluding carboxylic acids is 2. The Morgan fingerprint density at radius 2 is 0.708 bits per heavy atom. The van der Waals surface area contributed by atoms with Gasteiger partial charge in [-0.1, -0.05) is 283 Å². The molecule has 0 aliphatic carbocycles. The first kappa shape index (κ1) is 70.8. The summed E-state index contributed by atoms with van der Waals surface area (Å²) >= 11 is 0. The molecule has 9 nitrogen and oxygen atoms in total. The van der Waals surface area contributed by atoms with Gasteiger partial charge in [-0.25, -0.2) is 4.57 Å². The van der Waals surface area contributed by atoms with Crippen molar-refractivity contribution in [2.75, 3.05) is 47.5 Å². The third kappa shape index (κ3) is 58.0. The number of esters is 2. The molecule has 0 saturated carbocycles. The normalized spacial score (nSPS) is 13.2. The summed E-state index contributed by atoms with van der Waals surface area (Å²) in [6, 6.07) is 0. The largest absolute Gasteiger partial charge is 0.472 e. The van der Waals surface area contributed by atoms with Gasteiger partial charge in [0.2, 0.25) is 0 Å². The van der Waals surface area contributed by atoms with Crippen LogP contribution in [0.5, 0.6) is 0 Å². The Labute approximate surface area is 447 Å². The molecular formula is C62H123NO8P+. The van der Waals surface area contributed by atoms with Gasteiger partial charge in [0.25, 0.3) is 0 Å². The fraction of sp³-hybridized carbons (Fsp3) is 0.935. The van der Waals surface area contributed by atoms with Crippen molar-refractivity contribution >= 4 is 19.8 Å². The van der Waals surface area contributed by atoms with Gasteiger partial charge in [-0.2, -0.15) is 0 Å². The third-order valence-corrected chi connectivity index (χ3v) is 15.3. The van der Waals surface area contributed by atoms with Crippen molar-refractivity contribution < 1.29 is 42.1 Å². The van der Waals surface area contributed by atoms with Crippen LogP contribution in [0.2, 0.25) is 0 Å². The van der Waals surface area contributed by atoms with Gasteiger partial charge in [0.15, 0.2) is 6.10 Å². The number of hydrogen-bond acceptors (Lipinski definition) is 7. The second-order valence-electron chi connectivity index (χ2n) is 22.8. The van der Waals surface area contributed by atoms with E-state index in [0.29, 0.717) is 23.9 Å². The number of phosphoric acid groups is 1. The van der Waals surface area contributed by atoms with Crippen LogP contribution in [0.1, 0.15) is 322 Å². The predicted molar refractivity (Wildman–Crippen MR) is 308 cm³/mol. The number of carbonyl (C=O) groups is 2. The molecule has 72 heavy (non-hydrogen) atoms. The smallest absolute Gasteiger partial charge is 0.462 e. The summed E-state index contributed by atoms with van der Waals surface area (Å²) in [5.74, 6) is -0.790. The summed E-state index contributed by atoms with van der Waals surface area (Å²) < 4.78 is 34.5. The molecule has 0 heterocycles. The number of allylic oxidation sites excluding steroid dienone is 2. The predicted octanol–water partition coefficient (Wildman–Crippen LogP) is 19.6. The van der Waals surface area contributed by atoms with Crippen molar-refractivity contribution in [1.29, 1.82) is 0 Å². The zero-order valence-corrected chi connectivity index (χ0v) is 49.6. The first-order valence-electron chi connectivity index (χ1n) is 31.4. The van der Waals surface area contributed by atoms with Gasteiger partial charge in [0.1, 0.15) is 19.8 Å². The van der Waals surface area contributed by atoms with Crippen LogP contribution in [0.4, 0.5) is 0 Å². The monoisotopic (exact) mass is 1040 g/mol. The topological polar surface area (TPSA) is 108 Å². The maximum Gasteiger partial charge on any atom is 0.472 e. The summed E-state index contributed by atoms with van der Waals surface area (Å²) in [6.45, 7) is 4.47. The molecule has 1 N–H and O–H groups in total. The van der Waals surface area contributed by atoms with Crippen LogP contribution in [0.3, 0.4) is 0 Å². The molecule has 0 aromatic heterocycles. The fourth-order valence-electron chi connectivity index (χ4n) is 9.43. The number of rotatable bonds is 59. The highest BCUT2D eigenvalue weighted by atomic mass is 31.2. The summed E-state index contributed by atoms with van der Waals surface area (Å²) in [5, 5.41) is 0. The second-order valence-corrected chi connectivity index (χ2v) is 24.3. The molecule has 2 unspecified atom stereocenters. The minimum Gasteiger partial charge on any atom is -0.462 e. The van der Waals surface area contributed by atoms with Gasteiger partial charge in [-0.05, 0) is 38.5 Å². The Morgan fingerprint density at radius 3 is 1.03 bits per heavy atom. The molecule has 10 heteroatoms. The summed E-state index contributed by atoms with van der Waals surface area (Å²) in [7, 11) is 1.49. The highest BCUT2D eigenvalue weighted by Crippen LogP contribution is 2.43. The Hall–Kier alpha value is -1.25. The molecular weight excluding hydrogens is 918 g/mol. The van der Waals surface area contributed by atoms with E-state index in [2.05, 4.69) is 26.0 Å². The number of phosphoric ester groups is 1. The average molecular weight is 1040 g/mol. The number of likely N-dealkylation sites (N-methyl/N-ethyl adjacent to an activating group) is 1. The number of ether oxygens (including phenoxy) is 2. The first-order valence-corrected chi connectivity index (χ1v) is 32.9. The average Bonchev–Trinajstić information content (AvgIpc) is 3.34. The van der Waals surface area contributed by atoms with Gasteiger partial charge >= 0.3 is 19.8 Å². The quantitative estimate of drug-likeness (QED) is 0.0211. The zero-order chi connectivity index (χ0) is 52.7. The molecule has 428 valence electrons. The molecule has 0 aromatic carbocycles. The van der Waals surface area contributed by atoms with Crippen molar-refractivity contribution in [3.8, 4) is 0 Å². The number of hydrogen-bond donors (Lipinski definition) is 1. The van der Waals surface area contributed by atoms with E-state index in [-0.39, 0.29) is 25.6 Å². The second kappa shape index (κ2) is 54.5. The van der Waals surface area contributed by atoms with Gasteiger partial charge in [-0.3, -0.25) is 18.6 Å². The van der Waals surface area contributed by atoms with E-state index in [0.717, 1.165) is 51.4 Å². The summed E-state index contributed by atoms with van der Waals surface area (Å²) in [6.07, 6.45) is 64.6. The van der Waals surface area contributed by atoms with Crippen LogP contribution in [0, 0.1) is 0 Å². The lowest BCUT2D eigenvalue weighted by atomic mass is 10.0. The molecule has 0 bridgehead atoms. The standard InChI is InChI=1S/C62H122NO8P/c1-6-8-10-12-14-16-18-20-22-23-24-25-26-27-28-29-30-31-32-33-34-35-36-37-38-39-40-41-43-44-46-48-50-52-54-61(64)68-58-60(59-70-72(66,67)69-57-56-63(3,4)5)71-62(65)55-53-51-49-47-45-42-21-19-17-15-13-11-9-7-2/h19,21,60H,6-18,20,22-59H2,1-5H3/p+1/b21-19-. The highest BCUT2D eigenvalue weighted by Gasteiger charge is 2.27. The molecule has 0 radical (unpaired) electrons. The zero-order valence-electron chi connectivity index (χ0n) is 48.7. The van der Waals surface area contributed by atoms with Crippen LogP contribution < -0.4 is 0 Å². The number of quaternary nitrogens is 1. The number of nitrogens with zero attached hydrogens (tertiary/aromatic N) is 1. The van der Waals surface area contributed by atoms with E-state index in [9.17, 15) is 19.0 Å². The van der Waals surface area contributed by atoms with Crippen molar-refractivity contribution in [3.63, 3.8) is 0 Å². The molecule has 0 aliphatic rings. The van der Waals surface area contributed by atoms with Gasteiger partial charge in [0.05, 0.1) is 27.7 Å². The van der Waals surface area contributed by atoms with Crippen molar-refractivity contribution in [2.24, 2.45) is 0 Å². The fourth-order valence-corrected chi connectivity index (χ4v) is 10.2. The Morgan fingerprint density at radius 1 is 0.417 bits per heavy atom. The van der Waals surface area contributed by atoms with Crippen LogP contribution in [0.15, 0.2) is 12.2 Å². The van der Waals surface area contributed by atoms with E-state index >= 15 is 0 Å². The molecule has 0 amide bonds. The molecule has 2 atom stereocenters. The third-order valence-electron chi connectivity index (χ3n) is 14.3. The minimum absolute atomic E-state index is 0.0336. The van der Waals surface area contributed by atoms with Gasteiger partial charge in [-0.15, -0.1) is 0 Å². The lowest BCUT2D eigenvalue weighted by Gasteiger charge is -2.24. The Balaban J connectivity index is 3.90. The summed E-state index contributed by atoms with van der Waals surface area (Å²) in [4.78, 5) is 35.6. The number of unbranched alkanes of at least 4 members (excludes halogenated alkanes) is 43. The van der Waals surface area contributed by atoms with E-state index in [1.807, 2.05) is 21.1 Å². The maximum absolute atomic E-state index is 12.8. The minimum atomic E-state index is -4.38. The molecule has 0 aliphatic heterocycles. The molecule has 0 aromatic rings. The molecule has 0 fully saturated rings. The maximum atomic E-state index is 12.8. The highest BCUT2D eigenvalue weighted by molar-refractivity contribution is 7.47. The van der Waals surface area contributed by atoms with E-state index < -0.39 is 26.5 Å². The SMILES string of the molecule is CCCCCCC/C=C\CCCCCCCC(=O)OC(COC(=O)CCCCCCCCCCCCCCCCCCCCCCCCCCCCCCCCCCCC)COP(=O)(O)OCC[N+](C)(C)C. The van der Waals surface area contributed by atoms with Crippen molar-refractivity contribution in [2.45, 2.75) is 328 Å². The Kier molecular flexibility index (Phi) is 53.6. The van der Waals surface area contributed by atoms with Crippen molar-refractivity contribution in [1.82, 2.24) is 0 Å². The summed E-state index contributed by atoms with van der Waals surface area (Å²) in [5.41, 5.74) is 0. The molecule has 0 rings (SSSR count). The Bertz CT molecular complexity index is 1220.